The maximum atomic E-state index is 13.1. The van der Waals surface area contributed by atoms with Crippen molar-refractivity contribution in [1.82, 2.24) is 15.1 Å². The first-order chi connectivity index (χ1) is 15.7. The molecule has 1 heterocycles. The molecular formula is C21H16F6N4O3. The molecule has 0 radical (unpaired) electrons. The van der Waals surface area contributed by atoms with Crippen molar-refractivity contribution in [3.8, 4) is 11.4 Å². The molecule has 0 aliphatic carbocycles. The first kappa shape index (κ1) is 24.6. The fourth-order valence-electron chi connectivity index (χ4n) is 2.99. The van der Waals surface area contributed by atoms with E-state index in [9.17, 15) is 35.9 Å². The molecule has 1 amide bonds. The van der Waals surface area contributed by atoms with Crippen molar-refractivity contribution in [3.63, 3.8) is 0 Å². The van der Waals surface area contributed by atoms with E-state index in [0.29, 0.717) is 4.68 Å². The van der Waals surface area contributed by atoms with Gasteiger partial charge in [0.2, 0.25) is 0 Å². The van der Waals surface area contributed by atoms with Crippen LogP contribution in [-0.4, -0.2) is 22.1 Å². The standard InChI is InChI=1S/C21H16F6N4O3/c1-11(12-8-13(20(22,23)24)10-14(28)9-12)29-19(33)15-6-7-18(32)31(30-15)16-4-2-3-5-17(16)34-21(25,26)27/h2-11H,28H2,1H3,(H,29,33)/t11-/m1/s1. The molecule has 0 aliphatic rings. The zero-order chi connectivity index (χ0) is 25.3. The highest BCUT2D eigenvalue weighted by Gasteiger charge is 2.33. The molecule has 0 aliphatic heterocycles. The molecule has 1 atom stereocenters. The summed E-state index contributed by atoms with van der Waals surface area (Å²) in [6.07, 6.45) is -9.70. The first-order valence-corrected chi connectivity index (χ1v) is 9.48. The number of nitrogens with zero attached hydrogens (tertiary/aromatic N) is 2. The van der Waals surface area contributed by atoms with Crippen LogP contribution < -0.4 is 21.3 Å². The minimum Gasteiger partial charge on any atom is -0.403 e. The summed E-state index contributed by atoms with van der Waals surface area (Å²) in [5, 5.41) is 6.21. The second-order valence-electron chi connectivity index (χ2n) is 7.07. The van der Waals surface area contributed by atoms with Crippen molar-refractivity contribution >= 4 is 11.6 Å². The minimum absolute atomic E-state index is 0.0536. The number of nitrogen functional groups attached to an aromatic ring is 1. The fourth-order valence-corrected chi connectivity index (χ4v) is 2.99. The number of nitrogens with one attached hydrogen (secondary N) is 1. The number of rotatable bonds is 5. The van der Waals surface area contributed by atoms with Gasteiger partial charge in [0.15, 0.2) is 5.75 Å². The van der Waals surface area contributed by atoms with Gasteiger partial charge in [-0.3, -0.25) is 9.59 Å². The van der Waals surface area contributed by atoms with E-state index in [0.717, 1.165) is 36.4 Å². The van der Waals surface area contributed by atoms with Crippen molar-refractivity contribution < 1.29 is 35.9 Å². The average molecular weight is 486 g/mol. The number of benzene rings is 2. The Labute approximate surface area is 187 Å². The Morgan fingerprint density at radius 3 is 2.38 bits per heavy atom. The van der Waals surface area contributed by atoms with Crippen molar-refractivity contribution in [1.29, 1.82) is 0 Å². The molecule has 0 spiro atoms. The number of para-hydroxylation sites is 2. The van der Waals surface area contributed by atoms with Crippen LogP contribution in [0.3, 0.4) is 0 Å². The van der Waals surface area contributed by atoms with Crippen LogP contribution >= 0.6 is 0 Å². The molecular weight excluding hydrogens is 470 g/mol. The molecule has 0 bridgehead atoms. The zero-order valence-corrected chi connectivity index (χ0v) is 17.2. The van der Waals surface area contributed by atoms with Crippen LogP contribution in [0.5, 0.6) is 5.75 Å². The lowest BCUT2D eigenvalue weighted by Gasteiger charge is -2.17. The third-order valence-electron chi connectivity index (χ3n) is 4.50. The Hall–Kier alpha value is -4.03. The lowest BCUT2D eigenvalue weighted by atomic mass is 10.0. The molecule has 0 unspecified atom stereocenters. The van der Waals surface area contributed by atoms with Gasteiger partial charge >= 0.3 is 12.5 Å². The molecule has 34 heavy (non-hydrogen) atoms. The molecule has 2 aromatic carbocycles. The quantitative estimate of drug-likeness (QED) is 0.416. The van der Waals surface area contributed by atoms with Gasteiger partial charge < -0.3 is 15.8 Å². The van der Waals surface area contributed by atoms with Crippen LogP contribution in [0.4, 0.5) is 32.0 Å². The van der Waals surface area contributed by atoms with Gasteiger partial charge in [0.05, 0.1) is 11.6 Å². The normalized spacial score (nSPS) is 12.8. The topological polar surface area (TPSA) is 99.2 Å². The summed E-state index contributed by atoms with van der Waals surface area (Å²) in [4.78, 5) is 24.9. The van der Waals surface area contributed by atoms with E-state index in [2.05, 4.69) is 15.2 Å². The van der Waals surface area contributed by atoms with E-state index >= 15 is 0 Å². The Kier molecular flexibility index (Phi) is 6.57. The highest BCUT2D eigenvalue weighted by molar-refractivity contribution is 5.92. The van der Waals surface area contributed by atoms with Gasteiger partial charge in [0, 0.05) is 11.8 Å². The van der Waals surface area contributed by atoms with Crippen LogP contribution in [0.2, 0.25) is 0 Å². The molecule has 3 N–H and O–H groups in total. The molecule has 13 heteroatoms. The molecule has 0 saturated carbocycles. The molecule has 180 valence electrons. The summed E-state index contributed by atoms with van der Waals surface area (Å²) < 4.78 is 81.7. The minimum atomic E-state index is -5.04. The summed E-state index contributed by atoms with van der Waals surface area (Å²) in [6, 6.07) is 8.45. The van der Waals surface area contributed by atoms with E-state index in [1.54, 1.807) is 0 Å². The fraction of sp³-hybridized carbons (Fsp3) is 0.190. The van der Waals surface area contributed by atoms with Gasteiger partial charge in [0.25, 0.3) is 11.5 Å². The summed E-state index contributed by atoms with van der Waals surface area (Å²) in [5.41, 5.74) is 2.81. The number of anilines is 1. The van der Waals surface area contributed by atoms with Crippen LogP contribution in [0.15, 0.2) is 59.4 Å². The summed E-state index contributed by atoms with van der Waals surface area (Å²) in [5.74, 6) is -1.62. The number of amides is 1. The molecule has 7 nitrogen and oxygen atoms in total. The SMILES string of the molecule is C[C@@H](NC(=O)c1ccc(=O)n(-c2ccccc2OC(F)(F)F)n1)c1cc(N)cc(C(F)(F)F)c1. The third kappa shape index (κ3) is 5.85. The van der Waals surface area contributed by atoms with Gasteiger partial charge in [-0.1, -0.05) is 12.1 Å². The Bertz CT molecular complexity index is 1270. The van der Waals surface area contributed by atoms with E-state index in [1.807, 2.05) is 0 Å². The molecule has 3 aromatic rings. The van der Waals surface area contributed by atoms with Gasteiger partial charge in [0.1, 0.15) is 11.4 Å². The summed E-state index contributed by atoms with van der Waals surface area (Å²) in [6.45, 7) is 1.40. The monoisotopic (exact) mass is 486 g/mol. The predicted octanol–water partition coefficient (Wildman–Crippen LogP) is 4.22. The van der Waals surface area contributed by atoms with Crippen molar-refractivity contribution in [2.24, 2.45) is 0 Å². The van der Waals surface area contributed by atoms with E-state index in [4.69, 9.17) is 5.73 Å². The van der Waals surface area contributed by atoms with Crippen LogP contribution in [0.1, 0.15) is 34.6 Å². The third-order valence-corrected chi connectivity index (χ3v) is 4.50. The molecule has 0 saturated heterocycles. The van der Waals surface area contributed by atoms with Crippen molar-refractivity contribution in [2.45, 2.75) is 25.5 Å². The molecule has 0 fully saturated rings. The van der Waals surface area contributed by atoms with Gasteiger partial charge in [-0.15, -0.1) is 13.2 Å². The van der Waals surface area contributed by atoms with E-state index in [1.165, 1.54) is 25.1 Å². The van der Waals surface area contributed by atoms with E-state index < -0.39 is 41.4 Å². The summed E-state index contributed by atoms with van der Waals surface area (Å²) in [7, 11) is 0. The lowest BCUT2D eigenvalue weighted by Crippen LogP contribution is -2.31. The number of hydrogen-bond acceptors (Lipinski definition) is 5. The number of carbonyl (C=O) groups is 1. The number of ether oxygens (including phenoxy) is 1. The predicted molar refractivity (Wildman–Crippen MR) is 108 cm³/mol. The Balaban J connectivity index is 1.91. The maximum absolute atomic E-state index is 13.1. The second-order valence-corrected chi connectivity index (χ2v) is 7.07. The van der Waals surface area contributed by atoms with Gasteiger partial charge in [-0.25, -0.2) is 0 Å². The number of alkyl halides is 6. The summed E-state index contributed by atoms with van der Waals surface area (Å²) >= 11 is 0. The molecule has 3 rings (SSSR count). The number of nitrogens with two attached hydrogens (primary N) is 1. The number of carbonyl (C=O) groups excluding carboxylic acids is 1. The Morgan fingerprint density at radius 1 is 1.06 bits per heavy atom. The van der Waals surface area contributed by atoms with Crippen LogP contribution in [0, 0.1) is 0 Å². The second kappa shape index (κ2) is 9.08. The van der Waals surface area contributed by atoms with Gasteiger partial charge in [-0.05, 0) is 48.9 Å². The highest BCUT2D eigenvalue weighted by Crippen LogP contribution is 2.33. The largest absolute Gasteiger partial charge is 0.573 e. The average Bonchev–Trinajstić information content (AvgIpc) is 2.72. The number of hydrogen-bond donors (Lipinski definition) is 2. The highest BCUT2D eigenvalue weighted by atomic mass is 19.4. The van der Waals surface area contributed by atoms with Crippen LogP contribution in [-0.2, 0) is 6.18 Å². The van der Waals surface area contributed by atoms with Crippen LogP contribution in [0.25, 0.3) is 5.69 Å². The van der Waals surface area contributed by atoms with E-state index in [-0.39, 0.29) is 22.6 Å². The smallest absolute Gasteiger partial charge is 0.403 e. The first-order valence-electron chi connectivity index (χ1n) is 9.48. The molecule has 1 aromatic heterocycles. The maximum Gasteiger partial charge on any atom is 0.573 e. The zero-order valence-electron chi connectivity index (χ0n) is 17.2. The van der Waals surface area contributed by atoms with Crippen molar-refractivity contribution in [2.75, 3.05) is 5.73 Å². The lowest BCUT2D eigenvalue weighted by molar-refractivity contribution is -0.274. The van der Waals surface area contributed by atoms with Gasteiger partial charge in [-0.2, -0.15) is 23.0 Å². The Morgan fingerprint density at radius 2 is 1.74 bits per heavy atom. The number of aromatic nitrogens is 2. The number of halogens is 6. The van der Waals surface area contributed by atoms with Crippen molar-refractivity contribution in [3.05, 3.63) is 81.8 Å².